The molecule has 0 saturated carbocycles. The second kappa shape index (κ2) is 4.40. The third-order valence-electron chi connectivity index (χ3n) is 2.54. The molecule has 2 aliphatic rings. The molecule has 0 spiro atoms. The Morgan fingerprint density at radius 2 is 1.71 bits per heavy atom. The van der Waals surface area contributed by atoms with Crippen LogP contribution in [-0.4, -0.2) is 0 Å². The summed E-state index contributed by atoms with van der Waals surface area (Å²) in [6.07, 6.45) is 19.6. The summed E-state index contributed by atoms with van der Waals surface area (Å²) in [7, 11) is 0. The van der Waals surface area contributed by atoms with Crippen LogP contribution in [0.1, 0.15) is 13.3 Å². The Labute approximate surface area is 94.1 Å². The molecule has 14 heavy (non-hydrogen) atoms. The number of allylic oxidation sites excluding steroid dienone is 8. The van der Waals surface area contributed by atoms with E-state index < -0.39 is 0 Å². The van der Waals surface area contributed by atoms with E-state index >= 15 is 0 Å². The van der Waals surface area contributed by atoms with Gasteiger partial charge in [0.05, 0.1) is 0 Å². The summed E-state index contributed by atoms with van der Waals surface area (Å²) in [6, 6.07) is 0. The summed E-state index contributed by atoms with van der Waals surface area (Å²) in [4.78, 5) is 0. The fourth-order valence-electron chi connectivity index (χ4n) is 1.81. The summed E-state index contributed by atoms with van der Waals surface area (Å²) in [5.74, 6) is 0.627. The average Bonchev–Trinajstić information content (AvgIpc) is 2.86. The van der Waals surface area contributed by atoms with Crippen LogP contribution in [0.4, 0.5) is 0 Å². The van der Waals surface area contributed by atoms with Gasteiger partial charge in [-0.25, -0.2) is 0 Å². The van der Waals surface area contributed by atoms with Gasteiger partial charge in [0.15, 0.2) is 0 Å². The minimum atomic E-state index is 0.381. The standard InChI is InChI=1S/C10H9.C3H7.Ru/c1-2-6-9(5-1)10-7-3-4-8-10;1-3-2;/h1-9H;1,3H2,2H3;. The van der Waals surface area contributed by atoms with E-state index in [2.05, 4.69) is 55.5 Å². The van der Waals surface area contributed by atoms with Crippen molar-refractivity contribution in [2.24, 2.45) is 5.92 Å². The first kappa shape index (κ1) is 10.1. The van der Waals surface area contributed by atoms with Crippen molar-refractivity contribution in [2.75, 3.05) is 0 Å². The summed E-state index contributed by atoms with van der Waals surface area (Å²) < 4.78 is 0.381. The van der Waals surface area contributed by atoms with Crippen LogP contribution in [0, 0.1) is 5.92 Å². The normalized spacial score (nSPS) is 22.9. The quantitative estimate of drug-likeness (QED) is 0.681. The molecule has 0 atom stereocenters. The van der Waals surface area contributed by atoms with Gasteiger partial charge in [-0.1, -0.05) is 0 Å². The van der Waals surface area contributed by atoms with E-state index in [1.807, 2.05) is 0 Å². The second-order valence-corrected chi connectivity index (χ2v) is 6.61. The predicted octanol–water partition coefficient (Wildman–Crippen LogP) is 3.92. The van der Waals surface area contributed by atoms with E-state index in [0.717, 1.165) is 0 Å². The summed E-state index contributed by atoms with van der Waals surface area (Å²) in [6.45, 7) is 2.28. The van der Waals surface area contributed by atoms with Crippen molar-refractivity contribution in [1.29, 1.82) is 0 Å². The molecule has 0 amide bonds. The van der Waals surface area contributed by atoms with Gasteiger partial charge in [0.2, 0.25) is 0 Å². The Morgan fingerprint density at radius 3 is 2.29 bits per heavy atom. The SMILES string of the molecule is CC[CH2][Ru][C]1(C2C=CC=C2)C=CC=C1. The van der Waals surface area contributed by atoms with Crippen LogP contribution in [0.3, 0.4) is 0 Å². The first-order chi connectivity index (χ1) is 6.87. The Kier molecular flexibility index (Phi) is 3.18. The molecular weight excluding hydrogens is 257 g/mol. The Bertz CT molecular complexity index is 283. The van der Waals surface area contributed by atoms with Crippen LogP contribution in [0.25, 0.3) is 0 Å². The van der Waals surface area contributed by atoms with Gasteiger partial charge in [-0.05, 0) is 0 Å². The first-order valence-electron chi connectivity index (χ1n) is 5.17. The first-order valence-corrected chi connectivity index (χ1v) is 7.26. The van der Waals surface area contributed by atoms with Crippen molar-refractivity contribution in [3.63, 3.8) is 0 Å². The molecule has 0 fully saturated rings. The van der Waals surface area contributed by atoms with E-state index in [0.29, 0.717) is 27.1 Å². The molecule has 0 aromatic heterocycles. The summed E-state index contributed by atoms with van der Waals surface area (Å²) in [5.41, 5.74) is 0. The monoisotopic (exact) mass is 274 g/mol. The summed E-state index contributed by atoms with van der Waals surface area (Å²) >= 11 is 0.432. The van der Waals surface area contributed by atoms with Gasteiger partial charge in [-0.15, -0.1) is 0 Å². The fraction of sp³-hybridized carbons (Fsp3) is 0.385. The van der Waals surface area contributed by atoms with Crippen LogP contribution in [-0.2, 0) is 17.1 Å². The van der Waals surface area contributed by atoms with Gasteiger partial charge in [-0.3, -0.25) is 0 Å². The van der Waals surface area contributed by atoms with Crippen LogP contribution in [0.2, 0.25) is 9.02 Å². The van der Waals surface area contributed by atoms with Gasteiger partial charge in [-0.2, -0.15) is 0 Å². The molecule has 0 aliphatic heterocycles. The summed E-state index contributed by atoms with van der Waals surface area (Å²) in [5, 5.41) is 1.40. The zero-order chi connectivity index (χ0) is 9.86. The molecule has 0 aromatic rings. The van der Waals surface area contributed by atoms with Crippen LogP contribution < -0.4 is 0 Å². The van der Waals surface area contributed by atoms with Crippen LogP contribution in [0.5, 0.6) is 0 Å². The van der Waals surface area contributed by atoms with E-state index in [1.165, 1.54) is 11.4 Å². The Balaban J connectivity index is 2.14. The maximum atomic E-state index is 2.41. The molecule has 1 heteroatoms. The zero-order valence-electron chi connectivity index (χ0n) is 8.46. The van der Waals surface area contributed by atoms with Gasteiger partial charge in [0.1, 0.15) is 0 Å². The maximum absolute atomic E-state index is 2.41. The third kappa shape index (κ3) is 1.84. The van der Waals surface area contributed by atoms with Crippen molar-refractivity contribution in [3.8, 4) is 0 Å². The van der Waals surface area contributed by atoms with Crippen molar-refractivity contribution in [3.05, 3.63) is 48.6 Å². The third-order valence-corrected chi connectivity index (χ3v) is 6.07. The molecule has 0 radical (unpaired) electrons. The van der Waals surface area contributed by atoms with E-state index in [4.69, 9.17) is 0 Å². The zero-order valence-corrected chi connectivity index (χ0v) is 10.2. The minimum absolute atomic E-state index is 0.381. The molecule has 0 bridgehead atoms. The molecular formula is C13H16Ru. The van der Waals surface area contributed by atoms with Gasteiger partial charge < -0.3 is 0 Å². The fourth-order valence-corrected chi connectivity index (χ4v) is 4.48. The van der Waals surface area contributed by atoms with Crippen LogP contribution >= 0.6 is 0 Å². The molecule has 0 unspecified atom stereocenters. The van der Waals surface area contributed by atoms with E-state index in [1.54, 1.807) is 0 Å². The predicted molar refractivity (Wildman–Crippen MR) is 57.8 cm³/mol. The number of hydrogen-bond donors (Lipinski definition) is 0. The molecule has 0 saturated heterocycles. The Morgan fingerprint density at radius 1 is 1.07 bits per heavy atom. The Hall–Kier alpha value is -0.417. The van der Waals surface area contributed by atoms with Crippen LogP contribution in [0.15, 0.2) is 48.6 Å². The molecule has 2 aliphatic carbocycles. The number of rotatable bonds is 4. The molecule has 2 rings (SSSR count). The number of hydrogen-bond acceptors (Lipinski definition) is 0. The van der Waals surface area contributed by atoms with Crippen molar-refractivity contribution in [2.45, 2.75) is 22.4 Å². The van der Waals surface area contributed by atoms with Crippen molar-refractivity contribution >= 4 is 0 Å². The van der Waals surface area contributed by atoms with Crippen molar-refractivity contribution < 1.29 is 17.1 Å². The van der Waals surface area contributed by atoms with E-state index in [9.17, 15) is 0 Å². The molecule has 0 N–H and O–H groups in total. The molecule has 0 nitrogen and oxygen atoms in total. The topological polar surface area (TPSA) is 0 Å². The van der Waals surface area contributed by atoms with E-state index in [-0.39, 0.29) is 0 Å². The van der Waals surface area contributed by atoms with Gasteiger partial charge >= 0.3 is 94.0 Å². The van der Waals surface area contributed by atoms with Gasteiger partial charge in [0.25, 0.3) is 0 Å². The molecule has 0 aromatic carbocycles. The molecule has 76 valence electrons. The second-order valence-electron chi connectivity index (χ2n) is 3.62. The van der Waals surface area contributed by atoms with Crippen molar-refractivity contribution in [1.82, 2.24) is 0 Å². The van der Waals surface area contributed by atoms with Gasteiger partial charge in [0, 0.05) is 0 Å². The molecule has 0 heterocycles. The average molecular weight is 273 g/mol.